The Labute approximate surface area is 119 Å². The average molecular weight is 271 g/mol. The minimum Gasteiger partial charge on any atom is -0.399 e. The summed E-state index contributed by atoms with van der Waals surface area (Å²) in [5.41, 5.74) is 9.51. The summed E-state index contributed by atoms with van der Waals surface area (Å²) in [4.78, 5) is 12.1. The van der Waals surface area contributed by atoms with Gasteiger partial charge in [-0.3, -0.25) is 9.48 Å². The van der Waals surface area contributed by atoms with Crippen molar-refractivity contribution in [3.8, 4) is 0 Å². The van der Waals surface area contributed by atoms with Gasteiger partial charge < -0.3 is 5.73 Å². The Hall–Kier alpha value is -2.10. The fraction of sp³-hybridized carbons (Fsp3) is 0.375. The Kier molecular flexibility index (Phi) is 4.56. The number of aromatic nitrogens is 2. The number of nitrogen functional groups attached to an aromatic ring is 1. The second-order valence-electron chi connectivity index (χ2n) is 5.05. The molecule has 1 aromatic carbocycles. The number of nitrogens with zero attached hydrogens (tertiary/aromatic N) is 2. The maximum atomic E-state index is 12.1. The monoisotopic (exact) mass is 271 g/mol. The van der Waals surface area contributed by atoms with Gasteiger partial charge >= 0.3 is 0 Å². The number of carbonyl (C=O) groups excluding carboxylic acids is 1. The van der Waals surface area contributed by atoms with Gasteiger partial charge in [0.15, 0.2) is 0 Å². The van der Waals surface area contributed by atoms with Crippen LogP contribution in [-0.4, -0.2) is 15.6 Å². The summed E-state index contributed by atoms with van der Waals surface area (Å²) < 4.78 is 1.90. The van der Waals surface area contributed by atoms with E-state index >= 15 is 0 Å². The van der Waals surface area contributed by atoms with Crippen molar-refractivity contribution < 1.29 is 4.79 Å². The third-order valence-electron chi connectivity index (χ3n) is 3.34. The van der Waals surface area contributed by atoms with Gasteiger partial charge in [0.1, 0.15) is 5.78 Å². The van der Waals surface area contributed by atoms with Crippen LogP contribution in [0.4, 0.5) is 5.69 Å². The third kappa shape index (κ3) is 3.70. The van der Waals surface area contributed by atoms with Crippen LogP contribution in [0.25, 0.3) is 0 Å². The van der Waals surface area contributed by atoms with Crippen molar-refractivity contribution in [1.82, 2.24) is 9.78 Å². The van der Waals surface area contributed by atoms with Gasteiger partial charge in [-0.15, -0.1) is 0 Å². The van der Waals surface area contributed by atoms with Crippen LogP contribution in [-0.2, 0) is 24.2 Å². The number of Topliss-reactive ketones (excluding diaryl/α,β-unsaturated/α-hetero) is 1. The molecule has 1 aromatic heterocycles. The molecule has 106 valence electrons. The first-order valence-corrected chi connectivity index (χ1v) is 6.98. The molecule has 0 fully saturated rings. The summed E-state index contributed by atoms with van der Waals surface area (Å²) in [7, 11) is 0. The van der Waals surface area contributed by atoms with E-state index in [1.54, 1.807) is 0 Å². The Morgan fingerprint density at radius 3 is 2.65 bits per heavy atom. The van der Waals surface area contributed by atoms with Crippen LogP contribution in [0.15, 0.2) is 30.3 Å². The van der Waals surface area contributed by atoms with Crippen LogP contribution in [0.5, 0.6) is 0 Å². The summed E-state index contributed by atoms with van der Waals surface area (Å²) in [6.07, 6.45) is 1.78. The van der Waals surface area contributed by atoms with Gasteiger partial charge in [0.25, 0.3) is 0 Å². The van der Waals surface area contributed by atoms with Gasteiger partial charge in [0, 0.05) is 30.8 Å². The topological polar surface area (TPSA) is 60.9 Å². The van der Waals surface area contributed by atoms with E-state index in [0.717, 1.165) is 35.6 Å². The lowest BCUT2D eigenvalue weighted by molar-refractivity contribution is -0.118. The molecular weight excluding hydrogens is 250 g/mol. The van der Waals surface area contributed by atoms with Crippen LogP contribution < -0.4 is 5.73 Å². The second-order valence-corrected chi connectivity index (χ2v) is 5.05. The highest BCUT2D eigenvalue weighted by molar-refractivity contribution is 5.80. The molecule has 2 N–H and O–H groups in total. The first kappa shape index (κ1) is 14.3. The number of aryl methyl sites for hydroxylation is 3. The number of anilines is 1. The number of carbonyl (C=O) groups is 1. The lowest BCUT2D eigenvalue weighted by Crippen LogP contribution is -2.10. The van der Waals surface area contributed by atoms with Crippen molar-refractivity contribution in [2.24, 2.45) is 0 Å². The molecule has 1 heterocycles. The summed E-state index contributed by atoms with van der Waals surface area (Å²) in [5.74, 6) is 0.247. The van der Waals surface area contributed by atoms with Crippen molar-refractivity contribution >= 4 is 11.5 Å². The minimum absolute atomic E-state index is 0.247. The van der Waals surface area contributed by atoms with Crippen LogP contribution in [0.1, 0.15) is 30.3 Å². The molecule has 20 heavy (non-hydrogen) atoms. The zero-order chi connectivity index (χ0) is 14.5. The highest BCUT2D eigenvalue weighted by Crippen LogP contribution is 2.10. The molecule has 0 spiro atoms. The molecular formula is C16H21N3O. The molecule has 0 atom stereocenters. The first-order chi connectivity index (χ1) is 9.58. The zero-order valence-corrected chi connectivity index (χ0v) is 12.1. The Morgan fingerprint density at radius 1 is 1.30 bits per heavy atom. The predicted molar refractivity (Wildman–Crippen MR) is 80.5 cm³/mol. The number of ketones is 1. The highest BCUT2D eigenvalue weighted by atomic mass is 16.1. The minimum atomic E-state index is 0.247. The molecule has 2 rings (SSSR count). The van der Waals surface area contributed by atoms with Gasteiger partial charge in [-0.25, -0.2) is 0 Å². The van der Waals surface area contributed by atoms with Crippen LogP contribution in [0.2, 0.25) is 0 Å². The lowest BCUT2D eigenvalue weighted by Gasteiger charge is -2.04. The fourth-order valence-electron chi connectivity index (χ4n) is 2.27. The van der Waals surface area contributed by atoms with E-state index in [1.165, 1.54) is 0 Å². The summed E-state index contributed by atoms with van der Waals surface area (Å²) in [6, 6.07) is 9.68. The largest absolute Gasteiger partial charge is 0.399 e. The summed E-state index contributed by atoms with van der Waals surface area (Å²) >= 11 is 0. The number of hydrogen-bond acceptors (Lipinski definition) is 3. The zero-order valence-electron chi connectivity index (χ0n) is 12.1. The molecule has 0 aliphatic carbocycles. The van der Waals surface area contributed by atoms with Crippen LogP contribution in [0.3, 0.4) is 0 Å². The van der Waals surface area contributed by atoms with Gasteiger partial charge in [0.05, 0.1) is 5.69 Å². The van der Waals surface area contributed by atoms with E-state index in [4.69, 9.17) is 5.73 Å². The van der Waals surface area contributed by atoms with Gasteiger partial charge in [-0.05, 0) is 44.0 Å². The molecule has 0 aliphatic rings. The van der Waals surface area contributed by atoms with E-state index in [9.17, 15) is 4.79 Å². The van der Waals surface area contributed by atoms with E-state index in [-0.39, 0.29) is 5.78 Å². The summed E-state index contributed by atoms with van der Waals surface area (Å²) in [6.45, 7) is 4.79. The quantitative estimate of drug-likeness (QED) is 0.821. The molecule has 0 amide bonds. The van der Waals surface area contributed by atoms with Gasteiger partial charge in [0.2, 0.25) is 0 Å². The van der Waals surface area contributed by atoms with Crippen molar-refractivity contribution in [2.45, 2.75) is 39.7 Å². The Balaban J connectivity index is 1.90. The van der Waals surface area contributed by atoms with E-state index in [0.29, 0.717) is 12.8 Å². The molecule has 4 nitrogen and oxygen atoms in total. The number of nitrogens with two attached hydrogens (primary N) is 1. The fourth-order valence-corrected chi connectivity index (χ4v) is 2.27. The molecule has 0 bridgehead atoms. The maximum Gasteiger partial charge on any atom is 0.139 e. The SMILES string of the molecule is CCn1nc(C)cc1CC(=O)CCc1ccc(N)cc1. The smallest absolute Gasteiger partial charge is 0.139 e. The molecule has 0 aliphatic heterocycles. The standard InChI is InChI=1S/C16H21N3O/c1-3-19-15(10-12(2)18-19)11-16(20)9-6-13-4-7-14(17)8-5-13/h4-5,7-8,10H,3,6,9,11,17H2,1-2H3. The first-order valence-electron chi connectivity index (χ1n) is 6.98. The molecule has 2 aromatic rings. The lowest BCUT2D eigenvalue weighted by atomic mass is 10.0. The van der Waals surface area contributed by atoms with Gasteiger partial charge in [-0.1, -0.05) is 12.1 Å². The summed E-state index contributed by atoms with van der Waals surface area (Å²) in [5, 5.41) is 4.36. The highest BCUT2D eigenvalue weighted by Gasteiger charge is 2.09. The second kappa shape index (κ2) is 6.37. The predicted octanol–water partition coefficient (Wildman–Crippen LogP) is 2.54. The van der Waals surface area contributed by atoms with Crippen molar-refractivity contribution in [1.29, 1.82) is 0 Å². The van der Waals surface area contributed by atoms with Gasteiger partial charge in [-0.2, -0.15) is 5.10 Å². The molecule has 4 heteroatoms. The van der Waals surface area contributed by atoms with Crippen molar-refractivity contribution in [3.63, 3.8) is 0 Å². The van der Waals surface area contributed by atoms with Crippen LogP contribution >= 0.6 is 0 Å². The van der Waals surface area contributed by atoms with E-state index in [2.05, 4.69) is 5.10 Å². The normalized spacial score (nSPS) is 10.7. The number of rotatable bonds is 6. The molecule has 0 unspecified atom stereocenters. The van der Waals surface area contributed by atoms with Crippen LogP contribution in [0, 0.1) is 6.92 Å². The Morgan fingerprint density at radius 2 is 2.00 bits per heavy atom. The van der Waals surface area contributed by atoms with E-state index in [1.807, 2.05) is 48.9 Å². The van der Waals surface area contributed by atoms with Crippen molar-refractivity contribution in [3.05, 3.63) is 47.3 Å². The van der Waals surface area contributed by atoms with E-state index < -0.39 is 0 Å². The Bertz CT molecular complexity index is 584. The number of benzene rings is 1. The number of hydrogen-bond donors (Lipinski definition) is 1. The molecule has 0 saturated carbocycles. The maximum absolute atomic E-state index is 12.1. The third-order valence-corrected chi connectivity index (χ3v) is 3.34. The average Bonchev–Trinajstić information content (AvgIpc) is 2.78. The van der Waals surface area contributed by atoms with Crippen molar-refractivity contribution in [2.75, 3.05) is 5.73 Å². The molecule has 0 radical (unpaired) electrons. The molecule has 0 saturated heterocycles.